The standard InChI is InChI=1S/C25H31N5O/c1-2-3-13-31-23-11-9-21(10-12-23)14-26-27-24(22-7-5-4-6-8-22)25-15-28-18-29(16-25)20-30(17-25)19-28/h4-12,14H,2-3,13,15-20H2,1H3/p+3/b26-14-,27-24-. The quantitative estimate of drug-likeness (QED) is 0.294. The highest BCUT2D eigenvalue weighted by molar-refractivity contribution is 6.05. The Morgan fingerprint density at radius 3 is 2.19 bits per heavy atom. The predicted octanol–water partition coefficient (Wildman–Crippen LogP) is -0.757. The zero-order chi connectivity index (χ0) is 21.1. The van der Waals surface area contributed by atoms with Crippen LogP contribution in [0.25, 0.3) is 0 Å². The molecular formula is C25H34N5O+3. The van der Waals surface area contributed by atoms with Crippen molar-refractivity contribution in [3.8, 4) is 5.75 Å². The molecular weight excluding hydrogens is 386 g/mol. The van der Waals surface area contributed by atoms with Gasteiger partial charge < -0.3 is 4.74 Å². The number of ether oxygens (including phenoxy) is 1. The van der Waals surface area contributed by atoms with Crippen molar-refractivity contribution in [1.29, 1.82) is 0 Å². The molecule has 4 bridgehead atoms. The maximum absolute atomic E-state index is 5.76. The van der Waals surface area contributed by atoms with Gasteiger partial charge in [0.15, 0.2) is 5.41 Å². The molecule has 6 heteroatoms. The lowest BCUT2D eigenvalue weighted by Gasteiger charge is -2.52. The molecule has 6 rings (SSSR count). The Morgan fingerprint density at radius 1 is 0.935 bits per heavy atom. The van der Waals surface area contributed by atoms with Crippen LogP contribution < -0.4 is 19.4 Å². The van der Waals surface area contributed by atoms with Crippen molar-refractivity contribution in [2.45, 2.75) is 19.8 Å². The van der Waals surface area contributed by atoms with E-state index < -0.39 is 0 Å². The first-order valence-electron chi connectivity index (χ1n) is 11.6. The summed E-state index contributed by atoms with van der Waals surface area (Å²) in [4.78, 5) is 5.13. The summed E-state index contributed by atoms with van der Waals surface area (Å²) in [5.74, 6) is 0.915. The number of quaternary nitrogens is 3. The average molecular weight is 421 g/mol. The van der Waals surface area contributed by atoms with Gasteiger partial charge in [0.05, 0.1) is 18.5 Å². The first-order valence-corrected chi connectivity index (χ1v) is 11.6. The summed E-state index contributed by atoms with van der Waals surface area (Å²) >= 11 is 0. The first-order chi connectivity index (χ1) is 15.2. The van der Waals surface area contributed by atoms with E-state index in [2.05, 4.69) is 54.5 Å². The molecule has 162 valence electrons. The molecule has 6 nitrogen and oxygen atoms in total. The monoisotopic (exact) mass is 420 g/mol. The van der Waals surface area contributed by atoms with Crippen molar-refractivity contribution in [2.75, 3.05) is 46.2 Å². The zero-order valence-electron chi connectivity index (χ0n) is 18.4. The molecule has 0 amide bonds. The molecule has 4 aliphatic heterocycles. The van der Waals surface area contributed by atoms with Gasteiger partial charge in [-0.25, -0.2) is 14.7 Å². The Hall–Kier alpha value is -2.54. The van der Waals surface area contributed by atoms with Crippen molar-refractivity contribution >= 4 is 11.9 Å². The van der Waals surface area contributed by atoms with Crippen molar-refractivity contribution in [1.82, 2.24) is 0 Å². The van der Waals surface area contributed by atoms with Gasteiger partial charge in [0.25, 0.3) is 0 Å². The van der Waals surface area contributed by atoms with Crippen LogP contribution in [-0.2, 0) is 0 Å². The van der Waals surface area contributed by atoms with E-state index >= 15 is 0 Å². The molecule has 0 radical (unpaired) electrons. The normalized spacial score (nSPS) is 29.6. The van der Waals surface area contributed by atoms with Crippen LogP contribution in [-0.4, -0.2) is 58.2 Å². The fourth-order valence-electron chi connectivity index (χ4n) is 5.70. The van der Waals surface area contributed by atoms with Gasteiger partial charge in [-0.2, -0.15) is 10.2 Å². The summed E-state index contributed by atoms with van der Waals surface area (Å²) in [6.45, 7) is 10.2. The van der Waals surface area contributed by atoms with Crippen LogP contribution in [0.2, 0.25) is 0 Å². The van der Waals surface area contributed by atoms with E-state index in [1.807, 2.05) is 18.3 Å². The third-order valence-corrected chi connectivity index (χ3v) is 6.83. The smallest absolute Gasteiger partial charge is 0.213 e. The number of nitrogens with zero attached hydrogens (tertiary/aromatic N) is 2. The summed E-state index contributed by atoms with van der Waals surface area (Å²) < 4.78 is 5.76. The summed E-state index contributed by atoms with van der Waals surface area (Å²) in [5.41, 5.74) is 3.53. The molecule has 4 fully saturated rings. The summed E-state index contributed by atoms with van der Waals surface area (Å²) in [6, 6.07) is 18.8. The highest BCUT2D eigenvalue weighted by Gasteiger charge is 2.60. The Morgan fingerprint density at radius 2 is 1.58 bits per heavy atom. The van der Waals surface area contributed by atoms with E-state index in [1.165, 1.54) is 45.2 Å². The lowest BCUT2D eigenvalue weighted by Crippen LogP contribution is -3.56. The van der Waals surface area contributed by atoms with E-state index in [-0.39, 0.29) is 5.41 Å². The molecule has 0 unspecified atom stereocenters. The Bertz CT molecular complexity index is 903. The van der Waals surface area contributed by atoms with Gasteiger partial charge in [-0.1, -0.05) is 43.7 Å². The molecule has 2 aromatic carbocycles. The minimum atomic E-state index is 0.115. The summed E-state index contributed by atoms with van der Waals surface area (Å²) in [7, 11) is 0. The first kappa shape index (κ1) is 20.4. The maximum Gasteiger partial charge on any atom is 0.213 e. The van der Waals surface area contributed by atoms with Gasteiger partial charge in [-0.15, -0.1) is 0 Å². The van der Waals surface area contributed by atoms with Gasteiger partial charge in [0.2, 0.25) is 20.0 Å². The van der Waals surface area contributed by atoms with E-state index in [0.29, 0.717) is 0 Å². The summed E-state index contributed by atoms with van der Waals surface area (Å²) in [6.07, 6.45) is 4.10. The van der Waals surface area contributed by atoms with Gasteiger partial charge in [0, 0.05) is 0 Å². The van der Waals surface area contributed by atoms with Crippen LogP contribution in [0, 0.1) is 5.41 Å². The van der Waals surface area contributed by atoms with Crippen molar-refractivity contribution < 1.29 is 19.4 Å². The molecule has 31 heavy (non-hydrogen) atoms. The second-order valence-electron chi connectivity index (χ2n) is 9.42. The third-order valence-electron chi connectivity index (χ3n) is 6.83. The van der Waals surface area contributed by atoms with Crippen molar-refractivity contribution in [3.63, 3.8) is 0 Å². The molecule has 4 heterocycles. The van der Waals surface area contributed by atoms with Gasteiger partial charge in [-0.05, 0) is 41.8 Å². The molecule has 0 aromatic heterocycles. The van der Waals surface area contributed by atoms with Crippen LogP contribution in [0.15, 0.2) is 64.8 Å². The van der Waals surface area contributed by atoms with E-state index in [0.717, 1.165) is 36.5 Å². The van der Waals surface area contributed by atoms with Crippen LogP contribution in [0.4, 0.5) is 0 Å². The Kier molecular flexibility index (Phi) is 5.85. The Balaban J connectivity index is 1.38. The SMILES string of the molecule is CCCCOc1ccc(/C=N\N=C(\c2ccccc2)C23C[NH+]4C[NH+](C[NH+](C4)C2)C3)cc1. The number of nitrogens with one attached hydrogen (secondary N) is 3. The van der Waals surface area contributed by atoms with Crippen molar-refractivity contribution in [2.24, 2.45) is 15.6 Å². The van der Waals surface area contributed by atoms with Crippen LogP contribution in [0.5, 0.6) is 5.75 Å². The molecule has 0 aliphatic carbocycles. The average Bonchev–Trinajstić information content (AvgIpc) is 2.77. The number of hydrogen-bond donors (Lipinski definition) is 3. The molecule has 0 saturated carbocycles. The fraction of sp³-hybridized carbons (Fsp3) is 0.440. The fourth-order valence-corrected chi connectivity index (χ4v) is 5.70. The Labute approximate surface area is 184 Å². The van der Waals surface area contributed by atoms with E-state index in [9.17, 15) is 0 Å². The number of benzene rings is 2. The largest absolute Gasteiger partial charge is 0.494 e. The molecule has 0 spiro atoms. The third kappa shape index (κ3) is 4.42. The van der Waals surface area contributed by atoms with E-state index in [1.54, 1.807) is 14.7 Å². The van der Waals surface area contributed by atoms with Gasteiger partial charge in [0.1, 0.15) is 25.4 Å². The zero-order valence-corrected chi connectivity index (χ0v) is 18.4. The maximum atomic E-state index is 5.76. The lowest BCUT2D eigenvalue weighted by atomic mass is 9.74. The number of rotatable bonds is 8. The van der Waals surface area contributed by atoms with E-state index in [4.69, 9.17) is 9.84 Å². The minimum Gasteiger partial charge on any atom is -0.494 e. The van der Waals surface area contributed by atoms with Crippen LogP contribution in [0.1, 0.15) is 30.9 Å². The second kappa shape index (κ2) is 8.91. The van der Waals surface area contributed by atoms with Crippen molar-refractivity contribution in [3.05, 3.63) is 65.7 Å². The lowest BCUT2D eigenvalue weighted by molar-refractivity contribution is -1.30. The van der Waals surface area contributed by atoms with Gasteiger partial charge in [-0.3, -0.25) is 0 Å². The highest BCUT2D eigenvalue weighted by atomic mass is 16.5. The van der Waals surface area contributed by atoms with Crippen LogP contribution >= 0.6 is 0 Å². The number of hydrogen-bond acceptors (Lipinski definition) is 3. The summed E-state index contributed by atoms with van der Waals surface area (Å²) in [5, 5.41) is 9.45. The van der Waals surface area contributed by atoms with Gasteiger partial charge >= 0.3 is 0 Å². The second-order valence-corrected chi connectivity index (χ2v) is 9.42. The number of unbranched alkanes of at least 4 members (excludes halogenated alkanes) is 1. The predicted molar refractivity (Wildman–Crippen MR) is 122 cm³/mol. The van der Waals surface area contributed by atoms with Crippen LogP contribution in [0.3, 0.4) is 0 Å². The topological polar surface area (TPSA) is 47.3 Å². The molecule has 4 aliphatic rings. The minimum absolute atomic E-state index is 0.115. The highest BCUT2D eigenvalue weighted by Crippen LogP contribution is 2.23. The molecule has 4 saturated heterocycles. The molecule has 0 atom stereocenters. The molecule has 3 N–H and O–H groups in total. The molecule has 2 aromatic rings.